The summed E-state index contributed by atoms with van der Waals surface area (Å²) in [7, 11) is 1.66. The normalized spacial score (nSPS) is 15.9. The first-order chi connectivity index (χ1) is 13.0. The van der Waals surface area contributed by atoms with E-state index >= 15 is 0 Å². The zero-order chi connectivity index (χ0) is 19.2. The molecule has 5 heteroatoms. The van der Waals surface area contributed by atoms with E-state index in [0.29, 0.717) is 5.11 Å². The fraction of sp³-hybridized carbons (Fsp3) is 0.409. The van der Waals surface area contributed by atoms with Gasteiger partial charge in [-0.1, -0.05) is 19.1 Å². The molecule has 1 heterocycles. The molecule has 1 saturated heterocycles. The van der Waals surface area contributed by atoms with E-state index < -0.39 is 0 Å². The van der Waals surface area contributed by atoms with E-state index in [1.54, 1.807) is 7.11 Å². The summed E-state index contributed by atoms with van der Waals surface area (Å²) in [5, 5.41) is 7.18. The standard InChI is InChI=1S/C22H29N3OS/c1-16-12-14-25(15-13-16)20-8-4-18(5-9-20)17(2)23-22(27)24-19-6-10-21(26-3)11-7-19/h4-11,16-17H,12-15H2,1-3H3,(H2,23,24,27)/t17-/m1/s1. The van der Waals surface area contributed by atoms with Crippen molar-refractivity contribution in [3.05, 3.63) is 54.1 Å². The Kier molecular flexibility index (Phi) is 6.56. The highest BCUT2D eigenvalue weighted by Gasteiger charge is 2.16. The Morgan fingerprint density at radius 3 is 2.30 bits per heavy atom. The van der Waals surface area contributed by atoms with Gasteiger partial charge in [0.15, 0.2) is 5.11 Å². The minimum Gasteiger partial charge on any atom is -0.497 e. The lowest BCUT2D eigenvalue weighted by Crippen LogP contribution is -2.33. The molecule has 2 aromatic rings. The van der Waals surface area contributed by atoms with Gasteiger partial charge in [-0.25, -0.2) is 0 Å². The topological polar surface area (TPSA) is 36.5 Å². The van der Waals surface area contributed by atoms with E-state index in [4.69, 9.17) is 17.0 Å². The molecular formula is C22H29N3OS. The second-order valence-electron chi connectivity index (χ2n) is 7.31. The number of nitrogens with one attached hydrogen (secondary N) is 2. The van der Waals surface area contributed by atoms with Gasteiger partial charge >= 0.3 is 0 Å². The molecule has 0 saturated carbocycles. The zero-order valence-corrected chi connectivity index (χ0v) is 17.2. The lowest BCUT2D eigenvalue weighted by atomic mass is 9.98. The van der Waals surface area contributed by atoms with Crippen LogP contribution in [0.25, 0.3) is 0 Å². The van der Waals surface area contributed by atoms with Crippen LogP contribution in [-0.4, -0.2) is 25.3 Å². The van der Waals surface area contributed by atoms with Crippen molar-refractivity contribution >= 4 is 28.7 Å². The predicted molar refractivity (Wildman–Crippen MR) is 118 cm³/mol. The van der Waals surface area contributed by atoms with Crippen LogP contribution in [0.2, 0.25) is 0 Å². The van der Waals surface area contributed by atoms with Crippen molar-refractivity contribution < 1.29 is 4.74 Å². The number of benzene rings is 2. The molecule has 4 nitrogen and oxygen atoms in total. The van der Waals surface area contributed by atoms with Crippen LogP contribution in [-0.2, 0) is 0 Å². The van der Waals surface area contributed by atoms with Crippen molar-refractivity contribution in [2.24, 2.45) is 5.92 Å². The van der Waals surface area contributed by atoms with Crippen LogP contribution in [0.4, 0.5) is 11.4 Å². The first kappa shape index (κ1) is 19.5. The second-order valence-corrected chi connectivity index (χ2v) is 7.72. The molecule has 0 bridgehead atoms. The van der Waals surface area contributed by atoms with E-state index in [0.717, 1.165) is 30.4 Å². The lowest BCUT2D eigenvalue weighted by molar-refractivity contribution is 0.415. The third kappa shape index (κ3) is 5.36. The number of rotatable bonds is 5. The highest BCUT2D eigenvalue weighted by molar-refractivity contribution is 7.80. The summed E-state index contributed by atoms with van der Waals surface area (Å²) in [5.74, 6) is 1.68. The molecule has 2 N–H and O–H groups in total. The van der Waals surface area contributed by atoms with Crippen LogP contribution in [0.5, 0.6) is 5.75 Å². The maximum Gasteiger partial charge on any atom is 0.171 e. The zero-order valence-electron chi connectivity index (χ0n) is 16.4. The van der Waals surface area contributed by atoms with Gasteiger partial charge in [-0.2, -0.15) is 0 Å². The molecule has 1 aliphatic heterocycles. The Bertz CT molecular complexity index is 737. The van der Waals surface area contributed by atoms with Crippen molar-refractivity contribution in [3.8, 4) is 5.75 Å². The number of thiocarbonyl (C=S) groups is 1. The largest absolute Gasteiger partial charge is 0.497 e. The Morgan fingerprint density at radius 2 is 1.70 bits per heavy atom. The fourth-order valence-corrected chi connectivity index (χ4v) is 3.66. The van der Waals surface area contributed by atoms with Gasteiger partial charge in [-0.05, 0) is 79.9 Å². The predicted octanol–water partition coefficient (Wildman–Crippen LogP) is 4.98. The molecule has 0 spiro atoms. The molecule has 0 aliphatic carbocycles. The third-order valence-electron chi connectivity index (χ3n) is 5.24. The van der Waals surface area contributed by atoms with Gasteiger partial charge in [0.25, 0.3) is 0 Å². The van der Waals surface area contributed by atoms with Gasteiger partial charge in [0.2, 0.25) is 0 Å². The van der Waals surface area contributed by atoms with Crippen molar-refractivity contribution in [2.75, 3.05) is 30.4 Å². The summed E-state index contributed by atoms with van der Waals surface area (Å²) >= 11 is 5.45. The number of nitrogens with zero attached hydrogens (tertiary/aromatic N) is 1. The SMILES string of the molecule is COc1ccc(NC(=S)N[C@H](C)c2ccc(N3CCC(C)CC3)cc2)cc1. The summed E-state index contributed by atoms with van der Waals surface area (Å²) in [6.07, 6.45) is 2.57. The van der Waals surface area contributed by atoms with Gasteiger partial charge in [-0.3, -0.25) is 0 Å². The van der Waals surface area contributed by atoms with E-state index in [-0.39, 0.29) is 6.04 Å². The number of hydrogen-bond acceptors (Lipinski definition) is 3. The van der Waals surface area contributed by atoms with E-state index in [9.17, 15) is 0 Å². The van der Waals surface area contributed by atoms with Gasteiger partial charge in [0.05, 0.1) is 13.2 Å². The molecule has 0 unspecified atom stereocenters. The van der Waals surface area contributed by atoms with Crippen LogP contribution in [0.15, 0.2) is 48.5 Å². The first-order valence-electron chi connectivity index (χ1n) is 9.61. The van der Waals surface area contributed by atoms with E-state index in [1.807, 2.05) is 24.3 Å². The summed E-state index contributed by atoms with van der Waals surface area (Å²) in [5.41, 5.74) is 3.48. The molecule has 1 aliphatic rings. The smallest absolute Gasteiger partial charge is 0.171 e. The van der Waals surface area contributed by atoms with Crippen LogP contribution in [0.1, 0.15) is 38.3 Å². The minimum absolute atomic E-state index is 0.138. The fourth-order valence-electron chi connectivity index (χ4n) is 3.36. The molecule has 0 aromatic heterocycles. The van der Waals surface area contributed by atoms with Gasteiger partial charge in [-0.15, -0.1) is 0 Å². The maximum atomic E-state index is 5.45. The van der Waals surface area contributed by atoms with Crippen molar-refractivity contribution in [1.82, 2.24) is 5.32 Å². The quantitative estimate of drug-likeness (QED) is 0.712. The average molecular weight is 384 g/mol. The second kappa shape index (κ2) is 9.09. The van der Waals surface area contributed by atoms with E-state index in [1.165, 1.54) is 24.1 Å². The third-order valence-corrected chi connectivity index (χ3v) is 5.46. The highest BCUT2D eigenvalue weighted by atomic mass is 32.1. The molecule has 1 fully saturated rings. The number of hydrogen-bond donors (Lipinski definition) is 2. The molecule has 27 heavy (non-hydrogen) atoms. The van der Waals surface area contributed by atoms with Crippen molar-refractivity contribution in [3.63, 3.8) is 0 Å². The monoisotopic (exact) mass is 383 g/mol. The van der Waals surface area contributed by atoms with Crippen molar-refractivity contribution in [1.29, 1.82) is 0 Å². The Morgan fingerprint density at radius 1 is 1.07 bits per heavy atom. The van der Waals surface area contributed by atoms with Crippen LogP contribution < -0.4 is 20.3 Å². The van der Waals surface area contributed by atoms with Gasteiger partial charge < -0.3 is 20.3 Å². The molecular weight excluding hydrogens is 354 g/mol. The summed E-state index contributed by atoms with van der Waals surface area (Å²) < 4.78 is 5.18. The molecule has 0 amide bonds. The highest BCUT2D eigenvalue weighted by Crippen LogP contribution is 2.24. The van der Waals surface area contributed by atoms with Crippen molar-refractivity contribution in [2.45, 2.75) is 32.7 Å². The molecule has 3 rings (SSSR count). The first-order valence-corrected chi connectivity index (χ1v) is 10.0. The number of piperidine rings is 1. The van der Waals surface area contributed by atoms with Crippen LogP contribution >= 0.6 is 12.2 Å². The maximum absolute atomic E-state index is 5.45. The van der Waals surface area contributed by atoms with Crippen LogP contribution in [0.3, 0.4) is 0 Å². The molecule has 1 atom stereocenters. The molecule has 144 valence electrons. The Hall–Kier alpha value is -2.27. The summed E-state index contributed by atoms with van der Waals surface area (Å²) in [6.45, 7) is 6.78. The van der Waals surface area contributed by atoms with Gasteiger partial charge in [0.1, 0.15) is 5.75 Å². The van der Waals surface area contributed by atoms with Gasteiger partial charge in [0, 0.05) is 24.5 Å². The number of ether oxygens (including phenoxy) is 1. The number of anilines is 2. The van der Waals surface area contributed by atoms with Crippen LogP contribution in [0, 0.1) is 5.92 Å². The Labute approximate surface area is 167 Å². The van der Waals surface area contributed by atoms with E-state index in [2.05, 4.69) is 53.6 Å². The number of methoxy groups -OCH3 is 1. The molecule has 2 aromatic carbocycles. The average Bonchev–Trinajstić information content (AvgIpc) is 2.69. The summed E-state index contributed by atoms with van der Waals surface area (Å²) in [4.78, 5) is 2.48. The molecule has 0 radical (unpaired) electrons. The lowest BCUT2D eigenvalue weighted by Gasteiger charge is -2.32. The minimum atomic E-state index is 0.138. The summed E-state index contributed by atoms with van der Waals surface area (Å²) in [6, 6.07) is 16.7. The Balaban J connectivity index is 1.53.